The van der Waals surface area contributed by atoms with Crippen LogP contribution in [0.4, 0.5) is 4.70 Å². The van der Waals surface area contributed by atoms with Crippen LogP contribution < -0.4 is 5.32 Å². The van der Waals surface area contributed by atoms with Gasteiger partial charge < -0.3 is 5.32 Å². The normalized spacial score (nSPS) is 9.50. The Morgan fingerprint density at radius 2 is 1.90 bits per heavy atom. The molecule has 3 heteroatoms. The van der Waals surface area contributed by atoms with Gasteiger partial charge >= 0.3 is 0 Å². The van der Waals surface area contributed by atoms with Crippen molar-refractivity contribution in [2.24, 2.45) is 0 Å². The van der Waals surface area contributed by atoms with Crippen LogP contribution in [-0.2, 0) is 4.79 Å². The minimum atomic E-state index is -0.148. The number of hydrogen-bond acceptors (Lipinski definition) is 1. The molecule has 0 rings (SSSR count). The molecule has 0 aromatic rings. The summed E-state index contributed by atoms with van der Waals surface area (Å²) >= 11 is 0. The molecule has 0 atom stereocenters. The molecule has 0 unspecified atom stereocenters. The zero-order valence-corrected chi connectivity index (χ0v) is 6.60. The Balaban J connectivity index is 0. The largest absolute Gasteiger partial charge is 0.348 e. The lowest BCUT2D eigenvalue weighted by atomic mass is 10.1. The molecule has 0 aliphatic rings. The molecular weight excluding hydrogens is 133 g/mol. The number of amides is 1. The summed E-state index contributed by atoms with van der Waals surface area (Å²) in [6.07, 6.45) is 1.27. The molecule has 0 fully saturated rings. The molecule has 1 amide bonds. The van der Waals surface area contributed by atoms with Gasteiger partial charge in [0.2, 0.25) is 5.91 Å². The van der Waals surface area contributed by atoms with Gasteiger partial charge in [0.15, 0.2) is 0 Å². The van der Waals surface area contributed by atoms with Crippen molar-refractivity contribution in [2.45, 2.75) is 26.3 Å². The third-order valence-electron chi connectivity index (χ3n) is 0.684. The lowest BCUT2D eigenvalue weighted by molar-refractivity contribution is -0.117. The van der Waals surface area contributed by atoms with Gasteiger partial charge in [-0.05, 0) is 26.8 Å². The fourth-order valence-electron chi connectivity index (χ4n) is 0.421. The second-order valence-corrected chi connectivity index (χ2v) is 2.94. The summed E-state index contributed by atoms with van der Waals surface area (Å²) in [5.74, 6) is -0.123. The molecule has 0 radical (unpaired) electrons. The van der Waals surface area contributed by atoms with Crippen LogP contribution in [0.25, 0.3) is 0 Å². The Morgan fingerprint density at radius 3 is 2.00 bits per heavy atom. The monoisotopic (exact) mass is 147 g/mol. The third kappa shape index (κ3) is 7.14. The van der Waals surface area contributed by atoms with Crippen LogP contribution in [0.1, 0.15) is 20.8 Å². The Morgan fingerprint density at radius 1 is 1.50 bits per heavy atom. The van der Waals surface area contributed by atoms with E-state index in [1.54, 1.807) is 0 Å². The molecule has 0 spiro atoms. The maximum Gasteiger partial charge on any atom is 0.243 e. The predicted molar refractivity (Wildman–Crippen MR) is 40.6 cm³/mol. The number of halogens is 1. The van der Waals surface area contributed by atoms with Crippen molar-refractivity contribution in [3.8, 4) is 0 Å². The van der Waals surface area contributed by atoms with E-state index in [9.17, 15) is 4.79 Å². The van der Waals surface area contributed by atoms with Crippen molar-refractivity contribution in [3.05, 3.63) is 12.7 Å². The number of carbonyl (C=O) groups is 1. The van der Waals surface area contributed by atoms with Gasteiger partial charge in [0.05, 0.1) is 0 Å². The zero-order valence-electron chi connectivity index (χ0n) is 6.60. The maximum atomic E-state index is 10.6. The maximum absolute atomic E-state index is 10.6. The van der Waals surface area contributed by atoms with Gasteiger partial charge in [-0.25, -0.2) is 0 Å². The van der Waals surface area contributed by atoms with Gasteiger partial charge in [0.1, 0.15) is 0 Å². The highest BCUT2D eigenvalue weighted by molar-refractivity contribution is 5.87. The van der Waals surface area contributed by atoms with E-state index < -0.39 is 0 Å². The molecule has 10 heavy (non-hydrogen) atoms. The SMILES string of the molecule is C=CC(=O)NC(C)(C)C.F. The molecule has 0 aromatic heterocycles. The van der Waals surface area contributed by atoms with Crippen LogP contribution in [0, 0.1) is 0 Å². The summed E-state index contributed by atoms with van der Waals surface area (Å²) in [5, 5.41) is 2.71. The van der Waals surface area contributed by atoms with E-state index in [4.69, 9.17) is 0 Å². The first kappa shape index (κ1) is 11.9. The highest BCUT2D eigenvalue weighted by Crippen LogP contribution is 1.97. The molecule has 0 aliphatic carbocycles. The van der Waals surface area contributed by atoms with Crippen LogP contribution in [0.5, 0.6) is 0 Å². The van der Waals surface area contributed by atoms with Gasteiger partial charge in [-0.15, -0.1) is 0 Å². The number of carbonyl (C=O) groups excluding carboxylic acids is 1. The zero-order chi connectivity index (χ0) is 7.49. The molecule has 0 saturated heterocycles. The van der Waals surface area contributed by atoms with Crippen molar-refractivity contribution >= 4 is 5.91 Å². The minimum absolute atomic E-state index is 0. The first-order valence-corrected chi connectivity index (χ1v) is 2.90. The molecule has 0 heterocycles. The molecule has 0 bridgehead atoms. The standard InChI is InChI=1S/C7H13NO.FH/c1-5-6(9)8-7(2,3)4;/h5H,1H2,2-4H3,(H,8,9);1H. The molecule has 0 saturated carbocycles. The Hall–Kier alpha value is -0.860. The van der Waals surface area contributed by atoms with Crippen molar-refractivity contribution in [1.82, 2.24) is 5.32 Å². The van der Waals surface area contributed by atoms with Crippen LogP contribution in [-0.4, -0.2) is 11.4 Å². The van der Waals surface area contributed by atoms with E-state index >= 15 is 0 Å². The Labute approximate surface area is 60.7 Å². The molecule has 0 aliphatic heterocycles. The fraction of sp³-hybridized carbons (Fsp3) is 0.571. The second-order valence-electron chi connectivity index (χ2n) is 2.94. The van der Waals surface area contributed by atoms with E-state index in [1.807, 2.05) is 20.8 Å². The summed E-state index contributed by atoms with van der Waals surface area (Å²) in [6, 6.07) is 0. The van der Waals surface area contributed by atoms with Crippen molar-refractivity contribution in [3.63, 3.8) is 0 Å². The average molecular weight is 147 g/mol. The van der Waals surface area contributed by atoms with Gasteiger partial charge in [-0.3, -0.25) is 9.50 Å². The predicted octanol–water partition coefficient (Wildman–Crippen LogP) is 1.24. The highest BCUT2D eigenvalue weighted by atomic mass is 19.0. The Bertz CT molecular complexity index is 126. The lowest BCUT2D eigenvalue weighted by Crippen LogP contribution is -2.39. The first-order valence-electron chi connectivity index (χ1n) is 2.90. The summed E-state index contributed by atoms with van der Waals surface area (Å²) < 4.78 is 0. The molecular formula is C7H14FNO. The number of rotatable bonds is 1. The van der Waals surface area contributed by atoms with Gasteiger partial charge in [-0.1, -0.05) is 6.58 Å². The second kappa shape index (κ2) is 4.04. The van der Waals surface area contributed by atoms with Gasteiger partial charge in [-0.2, -0.15) is 0 Å². The summed E-state index contributed by atoms with van der Waals surface area (Å²) in [7, 11) is 0. The summed E-state index contributed by atoms with van der Waals surface area (Å²) in [6.45, 7) is 9.11. The van der Waals surface area contributed by atoms with Crippen LogP contribution in [0.15, 0.2) is 12.7 Å². The van der Waals surface area contributed by atoms with E-state index in [0.29, 0.717) is 0 Å². The summed E-state index contributed by atoms with van der Waals surface area (Å²) in [4.78, 5) is 10.6. The molecule has 0 aromatic carbocycles. The quantitative estimate of drug-likeness (QED) is 0.555. The summed E-state index contributed by atoms with van der Waals surface area (Å²) in [5.41, 5.74) is -0.148. The highest BCUT2D eigenvalue weighted by Gasteiger charge is 2.10. The number of hydrogen-bond donors (Lipinski definition) is 1. The van der Waals surface area contributed by atoms with Crippen molar-refractivity contribution in [1.29, 1.82) is 0 Å². The van der Waals surface area contributed by atoms with Crippen LogP contribution in [0.3, 0.4) is 0 Å². The van der Waals surface area contributed by atoms with E-state index in [2.05, 4.69) is 11.9 Å². The fourth-order valence-corrected chi connectivity index (χ4v) is 0.421. The van der Waals surface area contributed by atoms with E-state index in [-0.39, 0.29) is 16.2 Å². The van der Waals surface area contributed by atoms with Crippen LogP contribution >= 0.6 is 0 Å². The number of nitrogens with one attached hydrogen (secondary N) is 1. The Kier molecular flexibility index (Phi) is 4.79. The minimum Gasteiger partial charge on any atom is -0.348 e. The molecule has 60 valence electrons. The van der Waals surface area contributed by atoms with Gasteiger partial charge in [0, 0.05) is 5.54 Å². The van der Waals surface area contributed by atoms with Gasteiger partial charge in [0.25, 0.3) is 0 Å². The third-order valence-corrected chi connectivity index (χ3v) is 0.684. The smallest absolute Gasteiger partial charge is 0.243 e. The van der Waals surface area contributed by atoms with Crippen molar-refractivity contribution < 1.29 is 9.50 Å². The molecule has 1 N–H and O–H groups in total. The lowest BCUT2D eigenvalue weighted by Gasteiger charge is -2.18. The van der Waals surface area contributed by atoms with E-state index in [1.165, 1.54) is 6.08 Å². The molecule has 2 nitrogen and oxygen atoms in total. The topological polar surface area (TPSA) is 29.1 Å². The average Bonchev–Trinajstić information content (AvgIpc) is 1.62. The first-order chi connectivity index (χ1) is 3.95. The van der Waals surface area contributed by atoms with Crippen LogP contribution in [0.2, 0.25) is 0 Å². The van der Waals surface area contributed by atoms with E-state index in [0.717, 1.165) is 0 Å². The van der Waals surface area contributed by atoms with Crippen molar-refractivity contribution in [2.75, 3.05) is 0 Å².